The van der Waals surface area contributed by atoms with Gasteiger partial charge in [0.15, 0.2) is 0 Å². The van der Waals surface area contributed by atoms with Crippen LogP contribution in [0.25, 0.3) is 0 Å². The van der Waals surface area contributed by atoms with E-state index >= 15 is 0 Å². The molecule has 2 aromatic carbocycles. The van der Waals surface area contributed by atoms with Crippen LogP contribution in [0.2, 0.25) is 0 Å². The first kappa shape index (κ1) is 17.5. The molecule has 0 aliphatic carbocycles. The number of amides is 2. The van der Waals surface area contributed by atoms with Crippen LogP contribution in [0.3, 0.4) is 0 Å². The lowest BCUT2D eigenvalue weighted by Crippen LogP contribution is -2.31. The van der Waals surface area contributed by atoms with E-state index in [0.717, 1.165) is 9.99 Å². The Labute approximate surface area is 149 Å². The van der Waals surface area contributed by atoms with Crippen molar-refractivity contribution in [2.24, 2.45) is 0 Å². The first-order valence-corrected chi connectivity index (χ1v) is 8.56. The smallest absolute Gasteiger partial charge is 0.256 e. The van der Waals surface area contributed by atoms with Crippen LogP contribution in [0.1, 0.15) is 41.0 Å². The van der Waals surface area contributed by atoms with Crippen LogP contribution >= 0.6 is 22.6 Å². The molecule has 0 saturated heterocycles. The van der Waals surface area contributed by atoms with Crippen LogP contribution in [-0.4, -0.2) is 17.9 Å². The Hall–Kier alpha value is -1.89. The van der Waals surface area contributed by atoms with Gasteiger partial charge in [-0.15, -0.1) is 0 Å². The molecule has 4 nitrogen and oxygen atoms in total. The fourth-order valence-corrected chi connectivity index (χ4v) is 2.59. The number of hydrogen-bond acceptors (Lipinski definition) is 2. The number of rotatable bonds is 5. The second kappa shape index (κ2) is 8.10. The molecule has 2 rings (SSSR count). The van der Waals surface area contributed by atoms with E-state index in [1.54, 1.807) is 30.3 Å². The molecule has 2 N–H and O–H groups in total. The van der Waals surface area contributed by atoms with Crippen molar-refractivity contribution in [3.8, 4) is 0 Å². The summed E-state index contributed by atoms with van der Waals surface area (Å²) in [6.45, 7) is 3.99. The van der Waals surface area contributed by atoms with E-state index in [1.807, 2.05) is 32.0 Å². The van der Waals surface area contributed by atoms with Crippen molar-refractivity contribution >= 4 is 40.1 Å². The van der Waals surface area contributed by atoms with Gasteiger partial charge in [0.1, 0.15) is 0 Å². The van der Waals surface area contributed by atoms with E-state index in [4.69, 9.17) is 0 Å². The van der Waals surface area contributed by atoms with Crippen LogP contribution in [0.15, 0.2) is 48.5 Å². The van der Waals surface area contributed by atoms with Gasteiger partial charge in [-0.2, -0.15) is 0 Å². The Morgan fingerprint density at radius 1 is 1.04 bits per heavy atom. The molecule has 0 saturated carbocycles. The van der Waals surface area contributed by atoms with Gasteiger partial charge in [0, 0.05) is 20.9 Å². The van der Waals surface area contributed by atoms with Crippen LogP contribution in [0.4, 0.5) is 5.69 Å². The number of nitrogens with one attached hydrogen (secondary N) is 2. The lowest BCUT2D eigenvalue weighted by molar-refractivity contribution is 0.0938. The second-order valence-corrected chi connectivity index (χ2v) is 6.46. The zero-order valence-electron chi connectivity index (χ0n) is 13.1. The van der Waals surface area contributed by atoms with E-state index in [0.29, 0.717) is 16.8 Å². The minimum Gasteiger partial charge on any atom is -0.350 e. The lowest BCUT2D eigenvalue weighted by Gasteiger charge is -2.12. The highest BCUT2D eigenvalue weighted by Crippen LogP contribution is 2.15. The highest BCUT2D eigenvalue weighted by atomic mass is 127. The summed E-state index contributed by atoms with van der Waals surface area (Å²) in [7, 11) is 0. The number of halogens is 1. The summed E-state index contributed by atoms with van der Waals surface area (Å²) in [4.78, 5) is 24.3. The van der Waals surface area contributed by atoms with E-state index in [1.165, 1.54) is 0 Å². The van der Waals surface area contributed by atoms with Crippen LogP contribution in [-0.2, 0) is 0 Å². The molecule has 0 spiro atoms. The maximum atomic E-state index is 12.2. The average molecular weight is 422 g/mol. The first-order chi connectivity index (χ1) is 11.0. The van der Waals surface area contributed by atoms with E-state index in [-0.39, 0.29) is 17.9 Å². The van der Waals surface area contributed by atoms with Gasteiger partial charge in [0.05, 0.1) is 5.56 Å². The molecule has 0 aromatic heterocycles. The summed E-state index contributed by atoms with van der Waals surface area (Å²) in [5, 5.41) is 5.75. The number of benzene rings is 2. The highest BCUT2D eigenvalue weighted by Gasteiger charge is 2.11. The molecular weight excluding hydrogens is 403 g/mol. The molecule has 120 valence electrons. The number of hydrogen-bond donors (Lipinski definition) is 2. The van der Waals surface area contributed by atoms with Crippen LogP contribution in [0, 0.1) is 3.57 Å². The van der Waals surface area contributed by atoms with Gasteiger partial charge in [-0.1, -0.05) is 19.1 Å². The van der Waals surface area contributed by atoms with Crippen LogP contribution in [0.5, 0.6) is 0 Å². The monoisotopic (exact) mass is 422 g/mol. The molecule has 0 fully saturated rings. The highest BCUT2D eigenvalue weighted by molar-refractivity contribution is 14.1. The molecule has 0 aliphatic heterocycles. The molecule has 23 heavy (non-hydrogen) atoms. The third-order valence-electron chi connectivity index (χ3n) is 3.51. The average Bonchev–Trinajstić information content (AvgIpc) is 2.55. The second-order valence-electron chi connectivity index (χ2n) is 5.29. The standard InChI is InChI=1S/C18H19IN2O2/c1-3-12(2)20-17(22)13-8-10-14(11-9-13)21-18(23)15-6-4-5-7-16(15)19/h4-12H,3H2,1-2H3,(H,20,22)(H,21,23). The summed E-state index contributed by atoms with van der Waals surface area (Å²) in [6, 6.07) is 14.4. The molecule has 2 aromatic rings. The third-order valence-corrected chi connectivity index (χ3v) is 4.45. The van der Waals surface area contributed by atoms with Crippen molar-refractivity contribution in [1.29, 1.82) is 0 Å². The van der Waals surface area contributed by atoms with Gasteiger partial charge in [-0.05, 0) is 72.3 Å². The van der Waals surface area contributed by atoms with Gasteiger partial charge in [-0.25, -0.2) is 0 Å². The van der Waals surface area contributed by atoms with E-state index in [2.05, 4.69) is 33.2 Å². The van der Waals surface area contributed by atoms with E-state index < -0.39 is 0 Å². The molecule has 0 radical (unpaired) electrons. The van der Waals surface area contributed by atoms with Gasteiger partial charge in [0.2, 0.25) is 0 Å². The van der Waals surface area contributed by atoms with Gasteiger partial charge >= 0.3 is 0 Å². The Balaban J connectivity index is 2.04. The summed E-state index contributed by atoms with van der Waals surface area (Å²) < 4.78 is 0.896. The minimum absolute atomic E-state index is 0.102. The van der Waals surface area contributed by atoms with Crippen molar-refractivity contribution in [2.45, 2.75) is 26.3 Å². The topological polar surface area (TPSA) is 58.2 Å². The van der Waals surface area contributed by atoms with Crippen molar-refractivity contribution in [2.75, 3.05) is 5.32 Å². The summed E-state index contributed by atoms with van der Waals surface area (Å²) in [6.07, 6.45) is 0.885. The molecule has 1 atom stereocenters. The third kappa shape index (κ3) is 4.79. The molecule has 0 heterocycles. The predicted molar refractivity (Wildman–Crippen MR) is 101 cm³/mol. The summed E-state index contributed by atoms with van der Waals surface area (Å²) in [5.41, 5.74) is 1.87. The lowest BCUT2D eigenvalue weighted by atomic mass is 10.1. The Morgan fingerprint density at radius 2 is 1.70 bits per heavy atom. The van der Waals surface area contributed by atoms with E-state index in [9.17, 15) is 9.59 Å². The Kier molecular flexibility index (Phi) is 6.15. The maximum Gasteiger partial charge on any atom is 0.256 e. The number of carbonyl (C=O) groups excluding carboxylic acids is 2. The molecule has 5 heteroatoms. The number of carbonyl (C=O) groups is 2. The van der Waals surface area contributed by atoms with Crippen molar-refractivity contribution in [3.63, 3.8) is 0 Å². The Morgan fingerprint density at radius 3 is 2.30 bits per heavy atom. The molecule has 2 amide bonds. The number of anilines is 1. The zero-order chi connectivity index (χ0) is 16.8. The Bertz CT molecular complexity index is 698. The quantitative estimate of drug-likeness (QED) is 0.714. The SMILES string of the molecule is CCC(C)NC(=O)c1ccc(NC(=O)c2ccccc2I)cc1. The fourth-order valence-electron chi connectivity index (χ4n) is 1.96. The van der Waals surface area contributed by atoms with Crippen molar-refractivity contribution < 1.29 is 9.59 Å². The molecule has 1 unspecified atom stereocenters. The van der Waals surface area contributed by atoms with Crippen LogP contribution < -0.4 is 10.6 Å². The predicted octanol–water partition coefficient (Wildman–Crippen LogP) is 4.07. The van der Waals surface area contributed by atoms with Gasteiger partial charge < -0.3 is 10.6 Å². The molecule has 0 bridgehead atoms. The maximum absolute atomic E-state index is 12.2. The largest absolute Gasteiger partial charge is 0.350 e. The normalized spacial score (nSPS) is 11.6. The molecular formula is C18H19IN2O2. The van der Waals surface area contributed by atoms with Crippen molar-refractivity contribution in [3.05, 3.63) is 63.2 Å². The first-order valence-electron chi connectivity index (χ1n) is 7.48. The fraction of sp³-hybridized carbons (Fsp3) is 0.222. The van der Waals surface area contributed by atoms with Gasteiger partial charge in [-0.3, -0.25) is 9.59 Å². The minimum atomic E-state index is -0.160. The van der Waals surface area contributed by atoms with Crippen molar-refractivity contribution in [1.82, 2.24) is 5.32 Å². The zero-order valence-corrected chi connectivity index (χ0v) is 15.3. The molecule has 0 aliphatic rings. The summed E-state index contributed by atoms with van der Waals surface area (Å²) in [5.74, 6) is -0.262. The summed E-state index contributed by atoms with van der Waals surface area (Å²) >= 11 is 2.13. The van der Waals surface area contributed by atoms with Gasteiger partial charge in [0.25, 0.3) is 11.8 Å².